The molecule has 0 aromatic heterocycles. The number of para-hydroxylation sites is 1. The van der Waals surface area contributed by atoms with Crippen molar-refractivity contribution in [2.75, 3.05) is 19.5 Å². The van der Waals surface area contributed by atoms with Crippen molar-refractivity contribution < 1.29 is 22.6 Å². The van der Waals surface area contributed by atoms with E-state index in [1.165, 1.54) is 19.2 Å². The van der Waals surface area contributed by atoms with Gasteiger partial charge < -0.3 is 20.5 Å². The second kappa shape index (κ2) is 10.4. The molecule has 3 N–H and O–H groups in total. The monoisotopic (exact) mass is 495 g/mol. The topological polar surface area (TPSA) is 68.9 Å². The van der Waals surface area contributed by atoms with E-state index >= 15 is 0 Å². The summed E-state index contributed by atoms with van der Waals surface area (Å²) in [6, 6.07) is 11.0. The van der Waals surface area contributed by atoms with Gasteiger partial charge in [-0.3, -0.25) is 0 Å². The van der Waals surface area contributed by atoms with Gasteiger partial charge in [0.2, 0.25) is 0 Å². The summed E-state index contributed by atoms with van der Waals surface area (Å²) >= 11 is 0. The summed E-state index contributed by atoms with van der Waals surface area (Å²) in [6.45, 7) is 0.150. The van der Waals surface area contributed by atoms with Crippen molar-refractivity contribution in [1.29, 1.82) is 0 Å². The number of guanidine groups is 1. The van der Waals surface area contributed by atoms with Gasteiger partial charge in [-0.2, -0.15) is 13.2 Å². The van der Waals surface area contributed by atoms with Crippen molar-refractivity contribution in [1.82, 2.24) is 0 Å². The quantitative estimate of drug-likeness (QED) is 0.354. The van der Waals surface area contributed by atoms with E-state index in [0.717, 1.165) is 11.6 Å². The molecule has 5 nitrogen and oxygen atoms in total. The highest BCUT2D eigenvalue weighted by atomic mass is 127. The summed E-state index contributed by atoms with van der Waals surface area (Å²) in [5.41, 5.74) is 6.57. The first-order valence-electron chi connectivity index (χ1n) is 7.73. The Hall–Kier alpha value is -2.01. The van der Waals surface area contributed by atoms with Gasteiger partial charge in [0.25, 0.3) is 0 Å². The molecule has 0 amide bonds. The molecule has 27 heavy (non-hydrogen) atoms. The molecule has 0 atom stereocenters. The number of nitrogens with zero attached hydrogens (tertiary/aromatic N) is 1. The third-order valence-corrected chi connectivity index (χ3v) is 3.62. The van der Waals surface area contributed by atoms with Gasteiger partial charge in [0.15, 0.2) is 5.96 Å². The van der Waals surface area contributed by atoms with Crippen molar-refractivity contribution in [2.45, 2.75) is 19.3 Å². The van der Waals surface area contributed by atoms with Crippen LogP contribution in [0.25, 0.3) is 0 Å². The Balaban J connectivity index is 0.00000364. The maximum atomic E-state index is 13.2. The zero-order chi connectivity index (χ0) is 19.2. The number of halogens is 4. The van der Waals surface area contributed by atoms with Crippen molar-refractivity contribution in [3.8, 4) is 5.75 Å². The van der Waals surface area contributed by atoms with E-state index in [9.17, 15) is 13.2 Å². The lowest BCUT2D eigenvalue weighted by Crippen LogP contribution is -2.23. The van der Waals surface area contributed by atoms with Crippen LogP contribution in [0, 0.1) is 0 Å². The predicted octanol–water partition coefficient (Wildman–Crippen LogP) is 4.41. The minimum atomic E-state index is -4.51. The molecule has 9 heteroatoms. The van der Waals surface area contributed by atoms with Crippen LogP contribution in [0.2, 0.25) is 0 Å². The number of ether oxygens (including phenoxy) is 2. The first-order valence-corrected chi connectivity index (χ1v) is 7.73. The van der Waals surface area contributed by atoms with E-state index in [-0.39, 0.29) is 47.8 Å². The smallest absolute Gasteiger partial charge is 0.416 e. The Morgan fingerprint density at radius 3 is 2.44 bits per heavy atom. The van der Waals surface area contributed by atoms with Crippen LogP contribution in [0.15, 0.2) is 47.5 Å². The Kier molecular flexibility index (Phi) is 8.83. The summed E-state index contributed by atoms with van der Waals surface area (Å²) in [6.07, 6.45) is -4.51. The number of benzene rings is 2. The Morgan fingerprint density at radius 1 is 1.11 bits per heavy atom. The molecule has 0 aliphatic heterocycles. The molecule has 0 aliphatic carbocycles. The molecule has 0 aliphatic rings. The fourth-order valence-corrected chi connectivity index (χ4v) is 2.36. The van der Waals surface area contributed by atoms with Crippen LogP contribution < -0.4 is 15.8 Å². The normalized spacial score (nSPS) is 11.7. The molecule has 0 spiro atoms. The van der Waals surface area contributed by atoms with Crippen LogP contribution >= 0.6 is 24.0 Å². The van der Waals surface area contributed by atoms with Crippen molar-refractivity contribution in [3.05, 3.63) is 59.2 Å². The number of nitrogens with one attached hydrogen (secondary N) is 1. The highest BCUT2D eigenvalue weighted by molar-refractivity contribution is 14.0. The third-order valence-electron chi connectivity index (χ3n) is 3.62. The largest absolute Gasteiger partial charge is 0.497 e. The van der Waals surface area contributed by atoms with Gasteiger partial charge in [0.05, 0.1) is 25.8 Å². The summed E-state index contributed by atoms with van der Waals surface area (Å²) in [5, 5.41) is 2.89. The minimum absolute atomic E-state index is 0. The number of rotatable bonds is 6. The number of nitrogens with two attached hydrogens (primary N) is 1. The van der Waals surface area contributed by atoms with Gasteiger partial charge >= 0.3 is 6.18 Å². The molecular formula is C18H21F3IN3O2. The molecule has 0 saturated heterocycles. The van der Waals surface area contributed by atoms with Crippen LogP contribution in [0.4, 0.5) is 18.9 Å². The lowest BCUT2D eigenvalue weighted by Gasteiger charge is -2.14. The second-order valence-electron chi connectivity index (χ2n) is 5.44. The van der Waals surface area contributed by atoms with Crippen LogP contribution in [-0.2, 0) is 24.1 Å². The van der Waals surface area contributed by atoms with E-state index in [1.54, 1.807) is 19.2 Å². The van der Waals surface area contributed by atoms with Crippen LogP contribution in [0.5, 0.6) is 5.75 Å². The minimum Gasteiger partial charge on any atom is -0.497 e. The molecule has 0 unspecified atom stereocenters. The first-order chi connectivity index (χ1) is 12.3. The van der Waals surface area contributed by atoms with E-state index < -0.39 is 11.7 Å². The number of alkyl halides is 3. The fourth-order valence-electron chi connectivity index (χ4n) is 2.36. The maximum Gasteiger partial charge on any atom is 0.416 e. The van der Waals surface area contributed by atoms with Gasteiger partial charge in [0, 0.05) is 18.4 Å². The Morgan fingerprint density at radius 2 is 1.81 bits per heavy atom. The number of hydrogen-bond acceptors (Lipinski definition) is 3. The molecule has 0 radical (unpaired) electrons. The summed E-state index contributed by atoms with van der Waals surface area (Å²) in [4.78, 5) is 4.02. The van der Waals surface area contributed by atoms with Gasteiger partial charge in [-0.25, -0.2) is 4.99 Å². The molecular weight excluding hydrogens is 474 g/mol. The lowest BCUT2D eigenvalue weighted by atomic mass is 10.1. The van der Waals surface area contributed by atoms with E-state index in [0.29, 0.717) is 12.3 Å². The molecule has 0 heterocycles. The zero-order valence-electron chi connectivity index (χ0n) is 14.8. The van der Waals surface area contributed by atoms with Crippen LogP contribution in [0.1, 0.15) is 16.7 Å². The number of methoxy groups -OCH3 is 2. The molecule has 0 bridgehead atoms. The van der Waals surface area contributed by atoms with Crippen molar-refractivity contribution >= 4 is 35.6 Å². The summed E-state index contributed by atoms with van der Waals surface area (Å²) < 4.78 is 49.6. The predicted molar refractivity (Wildman–Crippen MR) is 110 cm³/mol. The molecule has 2 rings (SSSR count). The molecule has 2 aromatic carbocycles. The van der Waals surface area contributed by atoms with Crippen LogP contribution in [-0.4, -0.2) is 20.2 Å². The van der Waals surface area contributed by atoms with E-state index in [1.807, 2.05) is 12.1 Å². The van der Waals surface area contributed by atoms with E-state index in [4.69, 9.17) is 15.2 Å². The molecule has 2 aromatic rings. The highest BCUT2D eigenvalue weighted by Gasteiger charge is 2.33. The van der Waals surface area contributed by atoms with Crippen molar-refractivity contribution in [2.24, 2.45) is 10.7 Å². The lowest BCUT2D eigenvalue weighted by molar-refractivity contribution is -0.138. The zero-order valence-corrected chi connectivity index (χ0v) is 17.2. The average Bonchev–Trinajstić information content (AvgIpc) is 2.61. The van der Waals surface area contributed by atoms with E-state index in [2.05, 4.69) is 10.3 Å². The fraction of sp³-hybridized carbons (Fsp3) is 0.278. The maximum absolute atomic E-state index is 13.2. The Bertz CT molecular complexity index is 783. The van der Waals surface area contributed by atoms with Gasteiger partial charge in [-0.1, -0.05) is 24.3 Å². The molecule has 148 valence electrons. The Labute approximate surface area is 172 Å². The number of aliphatic imine (C=N–C) groups is 1. The SMILES string of the molecule is COCc1ccccc1NC(N)=NCc1ccc(OC)cc1C(F)(F)F.I. The van der Waals surface area contributed by atoms with Crippen molar-refractivity contribution in [3.63, 3.8) is 0 Å². The number of hydrogen-bond donors (Lipinski definition) is 2. The van der Waals surface area contributed by atoms with Crippen LogP contribution in [0.3, 0.4) is 0 Å². The van der Waals surface area contributed by atoms with Gasteiger partial charge in [0.1, 0.15) is 5.75 Å². The van der Waals surface area contributed by atoms with Gasteiger partial charge in [-0.15, -0.1) is 24.0 Å². The second-order valence-corrected chi connectivity index (χ2v) is 5.44. The number of anilines is 1. The summed E-state index contributed by atoms with van der Waals surface area (Å²) in [5.74, 6) is 0.141. The highest BCUT2D eigenvalue weighted by Crippen LogP contribution is 2.34. The molecule has 0 saturated carbocycles. The first kappa shape index (κ1) is 23.0. The summed E-state index contributed by atoms with van der Waals surface area (Å²) in [7, 11) is 2.88. The average molecular weight is 495 g/mol. The molecule has 0 fully saturated rings. The van der Waals surface area contributed by atoms with Gasteiger partial charge in [-0.05, 0) is 23.8 Å². The standard InChI is InChI=1S/C18H20F3N3O2.HI/c1-25-11-13-5-3-4-6-16(13)24-17(22)23-10-12-7-8-14(26-2)9-15(12)18(19,20)21;/h3-9H,10-11H2,1-2H3,(H3,22,23,24);1H. The third kappa shape index (κ3) is 6.58.